The summed E-state index contributed by atoms with van der Waals surface area (Å²) in [7, 11) is 2.06. The van der Waals surface area contributed by atoms with Gasteiger partial charge in [-0.3, -0.25) is 4.90 Å². The zero-order chi connectivity index (χ0) is 30.6. The van der Waals surface area contributed by atoms with Gasteiger partial charge in [0.15, 0.2) is 0 Å². The van der Waals surface area contributed by atoms with E-state index in [1.807, 2.05) is 72.8 Å². The number of furan rings is 2. The highest BCUT2D eigenvalue weighted by molar-refractivity contribution is 6.12. The Bertz CT molecular complexity index is 2370. The highest BCUT2D eigenvalue weighted by Crippen LogP contribution is 2.47. The summed E-state index contributed by atoms with van der Waals surface area (Å²) in [5, 5.41) is 3.81. The van der Waals surface area contributed by atoms with Crippen LogP contribution in [0.5, 0.6) is 11.5 Å². The molecule has 7 nitrogen and oxygen atoms in total. The second kappa shape index (κ2) is 10.5. The quantitative estimate of drug-likeness (QED) is 0.188. The number of hydrogen-bond acceptors (Lipinski definition) is 7. The summed E-state index contributed by atoms with van der Waals surface area (Å²) in [6.07, 6.45) is 5.93. The number of benzene rings is 5. The third-order valence-electron chi connectivity index (χ3n) is 8.43. The van der Waals surface area contributed by atoms with E-state index in [0.29, 0.717) is 11.5 Å². The van der Waals surface area contributed by atoms with Crippen molar-refractivity contribution in [2.24, 2.45) is 0 Å². The molecule has 7 heteroatoms. The molecule has 0 radical (unpaired) electrons. The lowest BCUT2D eigenvalue weighted by Gasteiger charge is -2.25. The summed E-state index contributed by atoms with van der Waals surface area (Å²) >= 11 is 0. The minimum Gasteiger partial charge on any atom is -0.456 e. The number of rotatable bonds is 6. The Kier molecular flexibility index (Phi) is 5.96. The van der Waals surface area contributed by atoms with Crippen molar-refractivity contribution in [2.75, 3.05) is 23.5 Å². The van der Waals surface area contributed by atoms with Crippen LogP contribution in [0.4, 0.5) is 22.9 Å². The summed E-state index contributed by atoms with van der Waals surface area (Å²) in [5.74, 6) is 2.16. The van der Waals surface area contributed by atoms with E-state index in [2.05, 4.69) is 82.7 Å². The molecule has 0 aliphatic carbocycles. The second-order valence-corrected chi connectivity index (χ2v) is 11.5. The number of para-hydroxylation sites is 3. The molecule has 3 aromatic heterocycles. The SMILES string of the molecule is CN1C=CN(c2cc(Oc3cc(N(c4ccccc4)c4ccccn4)cc4oc5ccccc5c34)c3c(c2)oc2ccccc23)C1. The van der Waals surface area contributed by atoms with E-state index in [0.717, 1.165) is 73.4 Å². The molecule has 0 atom stereocenters. The molecule has 5 aromatic carbocycles. The maximum atomic E-state index is 7.10. The topological polar surface area (TPSA) is 58.1 Å². The van der Waals surface area contributed by atoms with Gasteiger partial charge in [-0.05, 0) is 36.4 Å². The van der Waals surface area contributed by atoms with Gasteiger partial charge in [0.05, 0.1) is 23.1 Å². The van der Waals surface area contributed by atoms with E-state index < -0.39 is 0 Å². The van der Waals surface area contributed by atoms with E-state index in [1.54, 1.807) is 6.20 Å². The monoisotopic (exact) mass is 600 g/mol. The van der Waals surface area contributed by atoms with Crippen LogP contribution in [-0.4, -0.2) is 23.6 Å². The Balaban J connectivity index is 1.30. The largest absolute Gasteiger partial charge is 0.456 e. The molecule has 0 unspecified atom stereocenters. The Morgan fingerprint density at radius 1 is 0.630 bits per heavy atom. The van der Waals surface area contributed by atoms with E-state index in [4.69, 9.17) is 18.6 Å². The average Bonchev–Trinajstić information content (AvgIpc) is 3.80. The second-order valence-electron chi connectivity index (χ2n) is 11.5. The van der Waals surface area contributed by atoms with E-state index >= 15 is 0 Å². The van der Waals surface area contributed by atoms with Crippen LogP contribution in [0.15, 0.2) is 149 Å². The number of fused-ring (bicyclic) bond motifs is 6. The molecule has 0 spiro atoms. The molecule has 0 N–H and O–H groups in total. The molecule has 46 heavy (non-hydrogen) atoms. The van der Waals surface area contributed by atoms with Gasteiger partial charge in [0.25, 0.3) is 0 Å². The van der Waals surface area contributed by atoms with Gasteiger partial charge in [0, 0.05) is 72.1 Å². The van der Waals surface area contributed by atoms with Crippen molar-refractivity contribution in [3.63, 3.8) is 0 Å². The molecular formula is C39H28N4O3. The van der Waals surface area contributed by atoms with Gasteiger partial charge in [0.1, 0.15) is 39.6 Å². The molecule has 0 saturated heterocycles. The van der Waals surface area contributed by atoms with Crippen molar-refractivity contribution in [3.8, 4) is 11.5 Å². The van der Waals surface area contributed by atoms with Gasteiger partial charge in [-0.2, -0.15) is 0 Å². The fourth-order valence-electron chi connectivity index (χ4n) is 6.35. The molecular weight excluding hydrogens is 572 g/mol. The molecule has 0 fully saturated rings. The normalized spacial score (nSPS) is 13.1. The standard InChI is InChI=1S/C39H28N4O3/c1-41-19-20-42(25-41)27-21-33-38(29-13-5-7-15-31(29)44-33)34(22-27)46-36-24-28(23-35-39(36)30-14-6-8-16-32(30)45-35)43(26-11-3-2-4-12-26)37-17-9-10-18-40-37/h2-24H,25H2,1H3. The molecule has 0 amide bonds. The third kappa shape index (κ3) is 4.32. The summed E-state index contributed by atoms with van der Waals surface area (Å²) in [6.45, 7) is 0.730. The molecule has 0 bridgehead atoms. The number of hydrogen-bond donors (Lipinski definition) is 0. The van der Waals surface area contributed by atoms with Crippen molar-refractivity contribution >= 4 is 66.8 Å². The van der Waals surface area contributed by atoms with Gasteiger partial charge in [-0.25, -0.2) is 4.98 Å². The van der Waals surface area contributed by atoms with Gasteiger partial charge >= 0.3 is 0 Å². The Morgan fingerprint density at radius 2 is 1.28 bits per heavy atom. The lowest BCUT2D eigenvalue weighted by atomic mass is 10.1. The first-order valence-electron chi connectivity index (χ1n) is 15.2. The number of pyridine rings is 1. The smallest absolute Gasteiger partial charge is 0.141 e. The lowest BCUT2D eigenvalue weighted by molar-refractivity contribution is 0.489. The van der Waals surface area contributed by atoms with Crippen molar-refractivity contribution in [3.05, 3.63) is 140 Å². The predicted molar refractivity (Wildman–Crippen MR) is 184 cm³/mol. The minimum absolute atomic E-state index is 0.673. The zero-order valence-corrected chi connectivity index (χ0v) is 25.0. The number of anilines is 4. The molecule has 0 saturated carbocycles. The van der Waals surface area contributed by atoms with Crippen LogP contribution in [0.3, 0.4) is 0 Å². The molecule has 222 valence electrons. The van der Waals surface area contributed by atoms with Crippen LogP contribution in [0.2, 0.25) is 0 Å². The van der Waals surface area contributed by atoms with Gasteiger partial charge in [-0.15, -0.1) is 0 Å². The zero-order valence-electron chi connectivity index (χ0n) is 25.0. The van der Waals surface area contributed by atoms with Gasteiger partial charge in [-0.1, -0.05) is 60.7 Å². The highest BCUT2D eigenvalue weighted by Gasteiger charge is 2.23. The highest BCUT2D eigenvalue weighted by atomic mass is 16.5. The minimum atomic E-state index is 0.673. The van der Waals surface area contributed by atoms with Crippen LogP contribution in [0.25, 0.3) is 43.9 Å². The van der Waals surface area contributed by atoms with Crippen LogP contribution < -0.4 is 14.5 Å². The summed E-state index contributed by atoms with van der Waals surface area (Å²) in [5.41, 5.74) is 5.90. The predicted octanol–water partition coefficient (Wildman–Crippen LogP) is 10.3. The first-order chi connectivity index (χ1) is 22.7. The van der Waals surface area contributed by atoms with Crippen molar-refractivity contribution in [2.45, 2.75) is 0 Å². The van der Waals surface area contributed by atoms with Gasteiger partial charge < -0.3 is 23.4 Å². The number of aromatic nitrogens is 1. The Morgan fingerprint density at radius 3 is 1.96 bits per heavy atom. The van der Waals surface area contributed by atoms with Crippen LogP contribution >= 0.6 is 0 Å². The van der Waals surface area contributed by atoms with Gasteiger partial charge in [0.2, 0.25) is 0 Å². The summed E-state index contributed by atoms with van der Waals surface area (Å²) in [6, 6.07) is 40.6. The van der Waals surface area contributed by atoms with Crippen molar-refractivity contribution in [1.82, 2.24) is 9.88 Å². The fourth-order valence-corrected chi connectivity index (χ4v) is 6.35. The third-order valence-corrected chi connectivity index (χ3v) is 8.43. The Hall–Kier alpha value is -6.21. The lowest BCUT2D eigenvalue weighted by Crippen LogP contribution is -2.21. The van der Waals surface area contributed by atoms with Crippen molar-refractivity contribution in [1.29, 1.82) is 0 Å². The Labute approximate surface area is 264 Å². The summed E-state index contributed by atoms with van der Waals surface area (Å²) in [4.78, 5) is 11.1. The molecule has 1 aliphatic rings. The fraction of sp³-hybridized carbons (Fsp3) is 0.0513. The van der Waals surface area contributed by atoms with Crippen LogP contribution in [-0.2, 0) is 0 Å². The van der Waals surface area contributed by atoms with E-state index in [-0.39, 0.29) is 0 Å². The van der Waals surface area contributed by atoms with E-state index in [9.17, 15) is 0 Å². The summed E-state index contributed by atoms with van der Waals surface area (Å²) < 4.78 is 20.0. The van der Waals surface area contributed by atoms with Crippen LogP contribution in [0.1, 0.15) is 0 Å². The molecule has 9 rings (SSSR count). The molecule has 4 heterocycles. The van der Waals surface area contributed by atoms with E-state index in [1.165, 1.54) is 0 Å². The number of nitrogens with zero attached hydrogens (tertiary/aromatic N) is 4. The maximum absolute atomic E-state index is 7.10. The molecule has 8 aromatic rings. The average molecular weight is 601 g/mol. The number of ether oxygens (including phenoxy) is 1. The first kappa shape index (κ1) is 26.2. The molecule has 1 aliphatic heterocycles. The van der Waals surface area contributed by atoms with Crippen molar-refractivity contribution < 1.29 is 13.6 Å². The first-order valence-corrected chi connectivity index (χ1v) is 15.2. The van der Waals surface area contributed by atoms with Crippen LogP contribution in [0, 0.1) is 0 Å². The maximum Gasteiger partial charge on any atom is 0.141 e.